The van der Waals surface area contributed by atoms with E-state index >= 15 is 0 Å². The van der Waals surface area contributed by atoms with Crippen molar-refractivity contribution in [2.45, 2.75) is 12.6 Å². The lowest BCUT2D eigenvalue weighted by Gasteiger charge is -2.25. The molecule has 0 saturated carbocycles. The third-order valence-electron chi connectivity index (χ3n) is 3.65. The van der Waals surface area contributed by atoms with E-state index in [1.165, 1.54) is 4.88 Å². The summed E-state index contributed by atoms with van der Waals surface area (Å²) in [7, 11) is 0. The highest BCUT2D eigenvalue weighted by molar-refractivity contribution is 7.09. The Morgan fingerprint density at radius 1 is 1.25 bits per heavy atom. The van der Waals surface area contributed by atoms with Crippen LogP contribution in [0.4, 0.5) is 5.82 Å². The molecule has 0 aliphatic carbocycles. The predicted molar refractivity (Wildman–Crippen MR) is 90.6 cm³/mol. The van der Waals surface area contributed by atoms with Crippen molar-refractivity contribution < 1.29 is 14.3 Å². The second kappa shape index (κ2) is 6.37. The van der Waals surface area contributed by atoms with Crippen molar-refractivity contribution >= 4 is 23.1 Å². The van der Waals surface area contributed by atoms with Crippen molar-refractivity contribution in [2.75, 3.05) is 11.9 Å². The van der Waals surface area contributed by atoms with Crippen LogP contribution in [-0.4, -0.2) is 28.4 Å². The number of thiophene rings is 1. The van der Waals surface area contributed by atoms with E-state index < -0.39 is 6.10 Å². The first-order valence-corrected chi connectivity index (χ1v) is 8.41. The molecule has 0 unspecified atom stereocenters. The lowest BCUT2D eigenvalue weighted by molar-refractivity contribution is -0.125. The van der Waals surface area contributed by atoms with Crippen molar-refractivity contribution in [3.63, 3.8) is 0 Å². The van der Waals surface area contributed by atoms with Crippen LogP contribution in [0.5, 0.6) is 11.5 Å². The largest absolute Gasteiger partial charge is 0.485 e. The molecule has 0 bridgehead atoms. The molecule has 1 aromatic carbocycles. The third kappa shape index (κ3) is 2.98. The fraction of sp³-hybridized carbons (Fsp3) is 0.176. The Labute approximate surface area is 142 Å². The number of amides is 1. The molecule has 1 aliphatic heterocycles. The van der Waals surface area contributed by atoms with Gasteiger partial charge in [-0.05, 0) is 23.6 Å². The summed E-state index contributed by atoms with van der Waals surface area (Å²) in [6.07, 6.45) is 0.974. The number of para-hydroxylation sites is 2. The minimum atomic E-state index is -0.690. The summed E-state index contributed by atoms with van der Waals surface area (Å²) in [5.41, 5.74) is 0. The monoisotopic (exact) mass is 341 g/mol. The van der Waals surface area contributed by atoms with Crippen molar-refractivity contribution in [1.82, 2.24) is 9.78 Å². The second-order valence-corrected chi connectivity index (χ2v) is 6.34. The van der Waals surface area contributed by atoms with Crippen molar-refractivity contribution in [2.24, 2.45) is 0 Å². The van der Waals surface area contributed by atoms with Crippen LogP contribution in [0.15, 0.2) is 54.0 Å². The third-order valence-corrected chi connectivity index (χ3v) is 4.52. The van der Waals surface area contributed by atoms with Crippen molar-refractivity contribution in [1.29, 1.82) is 0 Å². The predicted octanol–water partition coefficient (Wildman–Crippen LogP) is 2.77. The number of rotatable bonds is 4. The molecule has 24 heavy (non-hydrogen) atoms. The molecule has 0 radical (unpaired) electrons. The molecule has 1 N–H and O–H groups in total. The van der Waals surface area contributed by atoms with Crippen LogP contribution >= 0.6 is 11.3 Å². The number of hydrogen-bond donors (Lipinski definition) is 1. The zero-order valence-electron chi connectivity index (χ0n) is 12.7. The lowest BCUT2D eigenvalue weighted by atomic mass is 10.2. The molecule has 0 spiro atoms. The minimum Gasteiger partial charge on any atom is -0.485 e. The highest BCUT2D eigenvalue weighted by Gasteiger charge is 2.27. The van der Waals surface area contributed by atoms with E-state index in [0.717, 1.165) is 0 Å². The van der Waals surface area contributed by atoms with Crippen LogP contribution in [0.3, 0.4) is 0 Å². The Morgan fingerprint density at radius 3 is 2.96 bits per heavy atom. The summed E-state index contributed by atoms with van der Waals surface area (Å²) in [5.74, 6) is 1.62. The quantitative estimate of drug-likeness (QED) is 0.792. The summed E-state index contributed by atoms with van der Waals surface area (Å²) >= 11 is 1.65. The summed E-state index contributed by atoms with van der Waals surface area (Å²) in [5, 5.41) is 9.14. The van der Waals surface area contributed by atoms with Crippen LogP contribution < -0.4 is 14.8 Å². The molecule has 3 aromatic rings. The number of nitrogens with one attached hydrogen (secondary N) is 1. The Hall–Kier alpha value is -2.80. The Morgan fingerprint density at radius 2 is 2.12 bits per heavy atom. The fourth-order valence-corrected chi connectivity index (χ4v) is 3.16. The smallest absolute Gasteiger partial charge is 0.270 e. The highest BCUT2D eigenvalue weighted by atomic mass is 32.1. The number of benzene rings is 1. The van der Waals surface area contributed by atoms with Gasteiger partial charge in [0.05, 0.1) is 12.7 Å². The number of nitrogens with zero attached hydrogens (tertiary/aromatic N) is 2. The number of carbonyl (C=O) groups excluding carboxylic acids is 1. The first-order chi connectivity index (χ1) is 11.8. The molecule has 1 atom stereocenters. The van der Waals surface area contributed by atoms with Gasteiger partial charge < -0.3 is 14.8 Å². The number of carbonyl (C=O) groups is 1. The second-order valence-electron chi connectivity index (χ2n) is 5.31. The summed E-state index contributed by atoms with van der Waals surface area (Å²) in [6.45, 7) is 0.799. The molecule has 6 nitrogen and oxygen atoms in total. The van der Waals surface area contributed by atoms with Gasteiger partial charge in [-0.2, -0.15) is 5.10 Å². The van der Waals surface area contributed by atoms with Gasteiger partial charge in [0.25, 0.3) is 5.91 Å². The van der Waals surface area contributed by atoms with Gasteiger partial charge >= 0.3 is 0 Å². The van der Waals surface area contributed by atoms with Gasteiger partial charge in [0.1, 0.15) is 12.4 Å². The molecule has 0 saturated heterocycles. The molecule has 7 heteroatoms. The standard InChI is InChI=1S/C17H15N3O3S/c21-17(15-11-22-13-5-1-2-6-14(13)23-15)19-16-7-8-18-20(16)10-12-4-3-9-24-12/h1-9,15H,10-11H2,(H,19,21)/t15-/m0/s1. The van der Waals surface area contributed by atoms with Gasteiger partial charge in [-0.15, -0.1) is 11.3 Å². The van der Waals surface area contributed by atoms with Crippen LogP contribution in [-0.2, 0) is 11.3 Å². The number of fused-ring (bicyclic) bond motifs is 1. The van der Waals surface area contributed by atoms with Gasteiger partial charge in [0.2, 0.25) is 6.10 Å². The molecule has 1 amide bonds. The first kappa shape index (κ1) is 14.8. The van der Waals surface area contributed by atoms with E-state index in [-0.39, 0.29) is 12.5 Å². The topological polar surface area (TPSA) is 65.4 Å². The molecule has 122 valence electrons. The van der Waals surface area contributed by atoms with Crippen LogP contribution in [0.1, 0.15) is 4.88 Å². The maximum absolute atomic E-state index is 12.5. The molecule has 1 aliphatic rings. The normalized spacial score (nSPS) is 15.9. The van der Waals surface area contributed by atoms with E-state index in [0.29, 0.717) is 23.9 Å². The van der Waals surface area contributed by atoms with E-state index in [1.807, 2.05) is 35.7 Å². The highest BCUT2D eigenvalue weighted by Crippen LogP contribution is 2.31. The van der Waals surface area contributed by atoms with E-state index in [2.05, 4.69) is 10.4 Å². The lowest BCUT2D eigenvalue weighted by Crippen LogP contribution is -2.40. The molecule has 4 rings (SSSR count). The first-order valence-electron chi connectivity index (χ1n) is 7.53. The van der Waals surface area contributed by atoms with E-state index in [9.17, 15) is 4.79 Å². The van der Waals surface area contributed by atoms with Gasteiger partial charge in [-0.3, -0.25) is 4.79 Å². The van der Waals surface area contributed by atoms with E-state index in [1.54, 1.807) is 34.3 Å². The average molecular weight is 341 g/mol. The van der Waals surface area contributed by atoms with Gasteiger partial charge in [-0.25, -0.2) is 4.68 Å². The fourth-order valence-electron chi connectivity index (χ4n) is 2.47. The molecule has 3 heterocycles. The van der Waals surface area contributed by atoms with Gasteiger partial charge in [-0.1, -0.05) is 18.2 Å². The zero-order valence-corrected chi connectivity index (χ0v) is 13.5. The molecule has 0 fully saturated rings. The average Bonchev–Trinajstić information content (AvgIpc) is 3.27. The van der Waals surface area contributed by atoms with Crippen LogP contribution in [0.2, 0.25) is 0 Å². The minimum absolute atomic E-state index is 0.182. The molecule has 2 aromatic heterocycles. The Kier molecular flexibility index (Phi) is 3.92. The maximum Gasteiger partial charge on any atom is 0.270 e. The van der Waals surface area contributed by atoms with Crippen molar-refractivity contribution in [3.05, 3.63) is 58.9 Å². The van der Waals surface area contributed by atoms with Crippen molar-refractivity contribution in [3.8, 4) is 11.5 Å². The number of aromatic nitrogens is 2. The van der Waals surface area contributed by atoms with Gasteiger partial charge in [0.15, 0.2) is 11.5 Å². The van der Waals surface area contributed by atoms with Crippen LogP contribution in [0.25, 0.3) is 0 Å². The Bertz CT molecular complexity index is 844. The number of hydrogen-bond acceptors (Lipinski definition) is 5. The number of ether oxygens (including phenoxy) is 2. The SMILES string of the molecule is O=C(Nc1ccnn1Cc1cccs1)[C@@H]1COc2ccccc2O1. The maximum atomic E-state index is 12.5. The van der Waals surface area contributed by atoms with Crippen LogP contribution in [0, 0.1) is 0 Å². The zero-order chi connectivity index (χ0) is 16.4. The summed E-state index contributed by atoms with van der Waals surface area (Å²) in [6, 6.07) is 13.1. The Balaban J connectivity index is 1.45. The van der Waals surface area contributed by atoms with E-state index in [4.69, 9.17) is 9.47 Å². The molecular formula is C17H15N3O3S. The summed E-state index contributed by atoms with van der Waals surface area (Å²) in [4.78, 5) is 13.6. The number of anilines is 1. The molecular weight excluding hydrogens is 326 g/mol. The summed E-state index contributed by atoms with van der Waals surface area (Å²) < 4.78 is 13.1. The van der Waals surface area contributed by atoms with Gasteiger partial charge in [0, 0.05) is 10.9 Å².